The van der Waals surface area contributed by atoms with Gasteiger partial charge in [0.05, 0.1) is 23.4 Å². The van der Waals surface area contributed by atoms with Gasteiger partial charge in [-0.3, -0.25) is 0 Å². The van der Waals surface area contributed by atoms with Crippen molar-refractivity contribution in [3.05, 3.63) is 41.1 Å². The van der Waals surface area contributed by atoms with Gasteiger partial charge in [-0.25, -0.2) is 9.97 Å². The number of anilines is 1. The zero-order valence-electron chi connectivity index (χ0n) is 14.3. The standard InChI is InChI=1S/C17H23N5O2/c1-11-16-13(20-17(18)19-11)9-12(15-5-4-7-23-15)10-14(16)21-24-8-6-22(2)3/h4-5,7,12H,6,8-10H2,1-3H3,(H2,18,19,20)/b21-14+. The first kappa shape index (κ1) is 16.4. The molecule has 2 heterocycles. The maximum Gasteiger partial charge on any atom is 0.220 e. The molecule has 0 fully saturated rings. The predicted molar refractivity (Wildman–Crippen MR) is 92.0 cm³/mol. The van der Waals surface area contributed by atoms with Gasteiger partial charge in [-0.15, -0.1) is 0 Å². The fourth-order valence-electron chi connectivity index (χ4n) is 2.97. The second-order valence-corrected chi connectivity index (χ2v) is 6.28. The number of likely N-dealkylation sites (N-methyl/N-ethyl adjacent to an activating group) is 1. The second kappa shape index (κ2) is 7.00. The molecule has 24 heavy (non-hydrogen) atoms. The number of aryl methyl sites for hydroxylation is 1. The molecule has 1 unspecified atom stereocenters. The topological polar surface area (TPSA) is 89.8 Å². The van der Waals surface area contributed by atoms with E-state index in [9.17, 15) is 0 Å². The van der Waals surface area contributed by atoms with Gasteiger partial charge in [0, 0.05) is 30.9 Å². The highest BCUT2D eigenvalue weighted by atomic mass is 16.6. The quantitative estimate of drug-likeness (QED) is 0.666. The highest BCUT2D eigenvalue weighted by Crippen LogP contribution is 2.33. The number of hydrogen-bond acceptors (Lipinski definition) is 7. The summed E-state index contributed by atoms with van der Waals surface area (Å²) in [4.78, 5) is 16.3. The van der Waals surface area contributed by atoms with Crippen LogP contribution in [0.4, 0.5) is 5.95 Å². The molecule has 2 aromatic rings. The Hall–Kier alpha value is -2.41. The van der Waals surface area contributed by atoms with Crippen molar-refractivity contribution in [2.75, 3.05) is 33.0 Å². The van der Waals surface area contributed by atoms with E-state index in [-0.39, 0.29) is 5.92 Å². The van der Waals surface area contributed by atoms with Crippen LogP contribution in [-0.4, -0.2) is 47.8 Å². The third-order valence-electron chi connectivity index (χ3n) is 4.10. The summed E-state index contributed by atoms with van der Waals surface area (Å²) in [5.74, 6) is 1.40. The lowest BCUT2D eigenvalue weighted by Gasteiger charge is -2.24. The molecule has 3 rings (SSSR count). The Morgan fingerprint density at radius 1 is 1.38 bits per heavy atom. The number of furan rings is 1. The SMILES string of the molecule is Cc1nc(N)nc2c1/C(=N/OCCN(C)C)CC(c1ccco1)C2. The number of nitrogen functional groups attached to an aromatic ring is 1. The summed E-state index contributed by atoms with van der Waals surface area (Å²) in [5, 5.41) is 4.37. The Labute approximate surface area is 141 Å². The van der Waals surface area contributed by atoms with E-state index < -0.39 is 0 Å². The summed E-state index contributed by atoms with van der Waals surface area (Å²) < 4.78 is 5.58. The van der Waals surface area contributed by atoms with E-state index in [4.69, 9.17) is 15.0 Å². The van der Waals surface area contributed by atoms with E-state index in [2.05, 4.69) is 20.0 Å². The van der Waals surface area contributed by atoms with Crippen molar-refractivity contribution >= 4 is 11.7 Å². The fourth-order valence-corrected chi connectivity index (χ4v) is 2.97. The highest BCUT2D eigenvalue weighted by molar-refractivity contribution is 6.03. The third kappa shape index (κ3) is 3.56. The van der Waals surface area contributed by atoms with Gasteiger partial charge in [-0.05, 0) is 33.2 Å². The van der Waals surface area contributed by atoms with Crippen LogP contribution < -0.4 is 5.73 Å². The lowest BCUT2D eigenvalue weighted by Crippen LogP contribution is -2.24. The summed E-state index contributed by atoms with van der Waals surface area (Å²) in [5.41, 5.74) is 9.38. The van der Waals surface area contributed by atoms with Crippen molar-refractivity contribution in [2.45, 2.75) is 25.7 Å². The smallest absolute Gasteiger partial charge is 0.220 e. The molecule has 7 heteroatoms. The molecule has 1 atom stereocenters. The Bertz CT molecular complexity index is 725. The molecule has 1 aliphatic carbocycles. The maximum absolute atomic E-state index is 5.82. The molecule has 0 saturated heterocycles. The van der Waals surface area contributed by atoms with Crippen LogP contribution in [0.2, 0.25) is 0 Å². The second-order valence-electron chi connectivity index (χ2n) is 6.28. The van der Waals surface area contributed by atoms with E-state index in [1.807, 2.05) is 33.2 Å². The van der Waals surface area contributed by atoms with Gasteiger partial charge in [-0.2, -0.15) is 0 Å². The summed E-state index contributed by atoms with van der Waals surface area (Å²) >= 11 is 0. The first-order chi connectivity index (χ1) is 11.5. The minimum Gasteiger partial charge on any atom is -0.469 e. The molecule has 128 valence electrons. The molecule has 0 saturated carbocycles. The Morgan fingerprint density at radius 3 is 2.92 bits per heavy atom. The maximum atomic E-state index is 5.82. The molecule has 0 spiro atoms. The van der Waals surface area contributed by atoms with Gasteiger partial charge >= 0.3 is 0 Å². The molecule has 0 bridgehead atoms. The predicted octanol–water partition coefficient (Wildman–Crippen LogP) is 1.97. The van der Waals surface area contributed by atoms with Crippen molar-refractivity contribution in [3.8, 4) is 0 Å². The van der Waals surface area contributed by atoms with Crippen molar-refractivity contribution in [1.29, 1.82) is 0 Å². The van der Waals surface area contributed by atoms with E-state index in [1.54, 1.807) is 6.26 Å². The van der Waals surface area contributed by atoms with Crippen LogP contribution in [0.1, 0.15) is 35.1 Å². The lowest BCUT2D eigenvalue weighted by atomic mass is 9.83. The molecule has 0 aromatic carbocycles. The zero-order chi connectivity index (χ0) is 17.1. The van der Waals surface area contributed by atoms with Crippen LogP contribution >= 0.6 is 0 Å². The third-order valence-corrected chi connectivity index (χ3v) is 4.10. The van der Waals surface area contributed by atoms with Crippen LogP contribution in [0.3, 0.4) is 0 Å². The number of rotatable bonds is 5. The van der Waals surface area contributed by atoms with Crippen molar-refractivity contribution in [1.82, 2.24) is 14.9 Å². The van der Waals surface area contributed by atoms with E-state index in [1.165, 1.54) is 0 Å². The average Bonchev–Trinajstić information content (AvgIpc) is 3.04. The van der Waals surface area contributed by atoms with E-state index in [0.717, 1.165) is 47.8 Å². The molecule has 1 aliphatic rings. The van der Waals surface area contributed by atoms with Gasteiger partial charge in [0.1, 0.15) is 12.4 Å². The van der Waals surface area contributed by atoms with Gasteiger partial charge in [0.2, 0.25) is 5.95 Å². The number of oxime groups is 1. The summed E-state index contributed by atoms with van der Waals surface area (Å²) in [7, 11) is 4.00. The van der Waals surface area contributed by atoms with Gasteiger partial charge in [0.25, 0.3) is 0 Å². The molecule has 2 aromatic heterocycles. The highest BCUT2D eigenvalue weighted by Gasteiger charge is 2.30. The lowest BCUT2D eigenvalue weighted by molar-refractivity contribution is 0.125. The molecule has 7 nitrogen and oxygen atoms in total. The number of nitrogens with zero attached hydrogens (tertiary/aromatic N) is 4. The number of nitrogens with two attached hydrogens (primary N) is 1. The van der Waals surface area contributed by atoms with E-state index in [0.29, 0.717) is 12.6 Å². The number of fused-ring (bicyclic) bond motifs is 1. The van der Waals surface area contributed by atoms with Gasteiger partial charge in [-0.1, -0.05) is 5.16 Å². The molecular formula is C17H23N5O2. The Morgan fingerprint density at radius 2 is 2.21 bits per heavy atom. The van der Waals surface area contributed by atoms with Crippen molar-refractivity contribution in [3.63, 3.8) is 0 Å². The molecule has 2 N–H and O–H groups in total. The summed E-state index contributed by atoms with van der Waals surface area (Å²) in [6.07, 6.45) is 3.18. The monoisotopic (exact) mass is 329 g/mol. The molecular weight excluding hydrogens is 306 g/mol. The summed E-state index contributed by atoms with van der Waals surface area (Å²) in [6.45, 7) is 3.27. The molecule has 0 radical (unpaired) electrons. The minimum absolute atomic E-state index is 0.178. The first-order valence-electron chi connectivity index (χ1n) is 8.05. The van der Waals surface area contributed by atoms with Crippen LogP contribution in [0.15, 0.2) is 28.0 Å². The van der Waals surface area contributed by atoms with Crippen LogP contribution in [-0.2, 0) is 11.3 Å². The summed E-state index contributed by atoms with van der Waals surface area (Å²) in [6, 6.07) is 3.88. The van der Waals surface area contributed by atoms with Crippen LogP contribution in [0, 0.1) is 6.92 Å². The van der Waals surface area contributed by atoms with Gasteiger partial charge < -0.3 is 19.9 Å². The number of hydrogen-bond donors (Lipinski definition) is 1. The van der Waals surface area contributed by atoms with Gasteiger partial charge in [0.15, 0.2) is 0 Å². The Kier molecular flexibility index (Phi) is 4.80. The number of aromatic nitrogens is 2. The van der Waals surface area contributed by atoms with Crippen molar-refractivity contribution < 1.29 is 9.25 Å². The van der Waals surface area contributed by atoms with Crippen LogP contribution in [0.25, 0.3) is 0 Å². The molecule has 0 aliphatic heterocycles. The molecule has 0 amide bonds. The van der Waals surface area contributed by atoms with E-state index >= 15 is 0 Å². The van der Waals surface area contributed by atoms with Crippen molar-refractivity contribution in [2.24, 2.45) is 5.16 Å². The Balaban J connectivity index is 1.90. The minimum atomic E-state index is 0.178. The van der Waals surface area contributed by atoms with Crippen LogP contribution in [0.5, 0.6) is 0 Å². The fraction of sp³-hybridized carbons (Fsp3) is 0.471. The normalized spacial score (nSPS) is 18.8. The first-order valence-corrected chi connectivity index (χ1v) is 8.05. The average molecular weight is 329 g/mol. The zero-order valence-corrected chi connectivity index (χ0v) is 14.3. The largest absolute Gasteiger partial charge is 0.469 e.